The summed E-state index contributed by atoms with van der Waals surface area (Å²) in [5.41, 5.74) is 7.18. The molecule has 5 nitrogen and oxygen atoms in total. The van der Waals surface area contributed by atoms with Crippen molar-refractivity contribution >= 4 is 38.9 Å². The van der Waals surface area contributed by atoms with E-state index in [0.29, 0.717) is 11.3 Å². The minimum absolute atomic E-state index is 0.0648. The Kier molecular flexibility index (Phi) is 4.73. The molecule has 3 N–H and O–H groups in total. The fourth-order valence-electron chi connectivity index (χ4n) is 1.78. The summed E-state index contributed by atoms with van der Waals surface area (Å²) in [5, 5.41) is 0.317. The van der Waals surface area contributed by atoms with Crippen LogP contribution in [0.5, 0.6) is 0 Å². The fraction of sp³-hybridized carbons (Fsp3) is 0.154. The van der Waals surface area contributed by atoms with Gasteiger partial charge in [0.05, 0.1) is 16.9 Å². The topological polar surface area (TPSA) is 85.1 Å². The van der Waals surface area contributed by atoms with E-state index in [9.17, 15) is 8.42 Å². The van der Waals surface area contributed by atoms with Crippen LogP contribution in [0.2, 0.25) is 10.0 Å². The van der Waals surface area contributed by atoms with Crippen LogP contribution in [0.3, 0.4) is 0 Å². The van der Waals surface area contributed by atoms with Crippen LogP contribution in [-0.4, -0.2) is 13.4 Å². The van der Waals surface area contributed by atoms with Crippen LogP contribution >= 0.6 is 23.2 Å². The van der Waals surface area contributed by atoms with Crippen molar-refractivity contribution in [3.8, 4) is 0 Å². The normalized spacial score (nSPS) is 11.4. The molecule has 0 atom stereocenters. The van der Waals surface area contributed by atoms with Gasteiger partial charge in [-0.1, -0.05) is 23.2 Å². The molecule has 21 heavy (non-hydrogen) atoms. The van der Waals surface area contributed by atoms with E-state index in [0.717, 1.165) is 5.56 Å². The molecular weight excluding hydrogens is 333 g/mol. The first-order valence-electron chi connectivity index (χ1n) is 5.96. The Hall–Kier alpha value is -1.34. The highest BCUT2D eigenvalue weighted by Crippen LogP contribution is 2.30. The number of hydrogen-bond donors (Lipinski definition) is 2. The molecule has 1 aromatic heterocycles. The smallest absolute Gasteiger partial charge is 0.263 e. The molecule has 1 aromatic carbocycles. The average Bonchev–Trinajstić information content (AvgIpc) is 2.40. The zero-order chi connectivity index (χ0) is 15.6. The summed E-state index contributed by atoms with van der Waals surface area (Å²) < 4.78 is 27.3. The number of halogens is 2. The standard InChI is InChI=1S/C13H13Cl2N3O2S/c1-8-2-11(7-17-6-8)18-21(19,20)12-4-10(14)3-9(5-16)13(12)15/h2-4,6-7,18H,5,16H2,1H3. The highest BCUT2D eigenvalue weighted by atomic mass is 35.5. The Balaban J connectivity index is 2.47. The van der Waals surface area contributed by atoms with Crippen molar-refractivity contribution in [2.24, 2.45) is 5.73 Å². The third kappa shape index (κ3) is 3.65. The van der Waals surface area contributed by atoms with Crippen LogP contribution in [0.4, 0.5) is 5.69 Å². The molecule has 0 fully saturated rings. The van der Waals surface area contributed by atoms with Crippen molar-refractivity contribution < 1.29 is 8.42 Å². The summed E-state index contributed by atoms with van der Waals surface area (Å²) >= 11 is 12.0. The first kappa shape index (κ1) is 16.0. The van der Waals surface area contributed by atoms with Crippen LogP contribution < -0.4 is 10.5 Å². The Morgan fingerprint density at radius 2 is 1.95 bits per heavy atom. The molecule has 0 saturated heterocycles. The van der Waals surface area contributed by atoms with Crippen molar-refractivity contribution in [3.05, 3.63) is 51.8 Å². The lowest BCUT2D eigenvalue weighted by Crippen LogP contribution is -2.15. The van der Waals surface area contributed by atoms with Gasteiger partial charge in [0, 0.05) is 17.8 Å². The number of aryl methyl sites for hydroxylation is 1. The molecule has 0 aliphatic heterocycles. The van der Waals surface area contributed by atoms with Gasteiger partial charge in [-0.25, -0.2) is 8.42 Å². The lowest BCUT2D eigenvalue weighted by molar-refractivity contribution is 0.601. The molecule has 0 saturated carbocycles. The number of nitrogens with one attached hydrogen (secondary N) is 1. The van der Waals surface area contributed by atoms with E-state index in [1.165, 1.54) is 18.3 Å². The fourth-order valence-corrected chi connectivity index (χ4v) is 3.76. The van der Waals surface area contributed by atoms with E-state index in [4.69, 9.17) is 28.9 Å². The molecule has 0 spiro atoms. The summed E-state index contributed by atoms with van der Waals surface area (Å²) in [4.78, 5) is 3.82. The number of aromatic nitrogens is 1. The third-order valence-corrected chi connectivity index (χ3v) is 4.90. The summed E-state index contributed by atoms with van der Waals surface area (Å²) in [7, 11) is -3.88. The predicted octanol–water partition coefficient (Wildman–Crippen LogP) is 2.96. The predicted molar refractivity (Wildman–Crippen MR) is 84.1 cm³/mol. The quantitative estimate of drug-likeness (QED) is 0.891. The van der Waals surface area contributed by atoms with E-state index in [1.54, 1.807) is 12.3 Å². The number of pyridine rings is 1. The molecule has 0 radical (unpaired) electrons. The lowest BCUT2D eigenvalue weighted by Gasteiger charge is -2.12. The molecular formula is C13H13Cl2N3O2S. The first-order valence-corrected chi connectivity index (χ1v) is 8.20. The second kappa shape index (κ2) is 6.19. The van der Waals surface area contributed by atoms with Crippen molar-refractivity contribution in [3.63, 3.8) is 0 Å². The molecule has 0 unspecified atom stereocenters. The molecule has 2 rings (SSSR count). The van der Waals surface area contributed by atoms with Crippen LogP contribution in [0, 0.1) is 6.92 Å². The number of nitrogens with zero attached hydrogens (tertiary/aromatic N) is 1. The van der Waals surface area contributed by atoms with Gasteiger partial charge in [0.1, 0.15) is 4.90 Å². The van der Waals surface area contributed by atoms with Crippen molar-refractivity contribution in [1.82, 2.24) is 4.98 Å². The van der Waals surface area contributed by atoms with Gasteiger partial charge in [-0.15, -0.1) is 0 Å². The molecule has 0 amide bonds. The van der Waals surface area contributed by atoms with Crippen molar-refractivity contribution in [1.29, 1.82) is 0 Å². The molecule has 1 heterocycles. The lowest BCUT2D eigenvalue weighted by atomic mass is 10.2. The number of benzene rings is 1. The van der Waals surface area contributed by atoms with E-state index < -0.39 is 10.0 Å². The van der Waals surface area contributed by atoms with Crippen LogP contribution in [0.1, 0.15) is 11.1 Å². The van der Waals surface area contributed by atoms with Gasteiger partial charge in [-0.2, -0.15) is 0 Å². The molecule has 8 heteroatoms. The Morgan fingerprint density at radius 3 is 2.57 bits per heavy atom. The van der Waals surface area contributed by atoms with Crippen LogP contribution in [0.25, 0.3) is 0 Å². The molecule has 0 bridgehead atoms. The van der Waals surface area contributed by atoms with Gasteiger partial charge in [-0.05, 0) is 36.2 Å². The van der Waals surface area contributed by atoms with Crippen molar-refractivity contribution in [2.45, 2.75) is 18.4 Å². The van der Waals surface area contributed by atoms with Gasteiger partial charge in [0.2, 0.25) is 0 Å². The summed E-state index contributed by atoms with van der Waals surface area (Å²) in [6, 6.07) is 4.48. The maximum absolute atomic E-state index is 12.4. The van der Waals surface area contributed by atoms with Gasteiger partial charge in [0.15, 0.2) is 0 Å². The van der Waals surface area contributed by atoms with Gasteiger partial charge in [0.25, 0.3) is 10.0 Å². The minimum atomic E-state index is -3.88. The largest absolute Gasteiger partial charge is 0.326 e. The second-order valence-corrected chi connectivity index (χ2v) is 6.90. The monoisotopic (exact) mass is 345 g/mol. The Bertz CT molecular complexity index is 779. The molecule has 0 aliphatic rings. The van der Waals surface area contributed by atoms with Gasteiger partial charge >= 0.3 is 0 Å². The van der Waals surface area contributed by atoms with Crippen LogP contribution in [-0.2, 0) is 16.6 Å². The zero-order valence-electron chi connectivity index (χ0n) is 11.1. The van der Waals surface area contributed by atoms with Crippen LogP contribution in [0.15, 0.2) is 35.5 Å². The molecule has 0 aliphatic carbocycles. The molecule has 112 valence electrons. The third-order valence-electron chi connectivity index (χ3n) is 2.72. The van der Waals surface area contributed by atoms with E-state index in [2.05, 4.69) is 9.71 Å². The summed E-state index contributed by atoms with van der Waals surface area (Å²) in [6.07, 6.45) is 3.03. The van der Waals surface area contributed by atoms with E-state index in [1.807, 2.05) is 6.92 Å². The SMILES string of the molecule is Cc1cncc(NS(=O)(=O)c2cc(Cl)cc(CN)c2Cl)c1. The summed E-state index contributed by atoms with van der Waals surface area (Å²) in [6.45, 7) is 1.90. The summed E-state index contributed by atoms with van der Waals surface area (Å²) in [5.74, 6) is 0. The minimum Gasteiger partial charge on any atom is -0.326 e. The highest BCUT2D eigenvalue weighted by molar-refractivity contribution is 7.92. The Morgan fingerprint density at radius 1 is 1.24 bits per heavy atom. The van der Waals surface area contributed by atoms with Gasteiger partial charge in [-0.3, -0.25) is 9.71 Å². The average molecular weight is 346 g/mol. The number of rotatable bonds is 4. The maximum atomic E-state index is 12.4. The highest BCUT2D eigenvalue weighted by Gasteiger charge is 2.21. The van der Waals surface area contributed by atoms with E-state index >= 15 is 0 Å². The number of anilines is 1. The van der Waals surface area contributed by atoms with Crippen molar-refractivity contribution in [2.75, 3.05) is 4.72 Å². The van der Waals surface area contributed by atoms with Gasteiger partial charge < -0.3 is 5.73 Å². The number of hydrogen-bond acceptors (Lipinski definition) is 4. The van der Waals surface area contributed by atoms with E-state index in [-0.39, 0.29) is 21.5 Å². The Labute approximate surface area is 133 Å². The number of nitrogens with two attached hydrogens (primary N) is 1. The molecule has 2 aromatic rings. The first-order chi connectivity index (χ1) is 9.83. The number of sulfonamides is 1. The maximum Gasteiger partial charge on any atom is 0.263 e. The second-order valence-electron chi connectivity index (χ2n) is 4.44. The zero-order valence-corrected chi connectivity index (χ0v) is 13.4.